The van der Waals surface area contributed by atoms with Crippen LogP contribution in [0, 0.1) is 0 Å². The Morgan fingerprint density at radius 2 is 1.89 bits per heavy atom. The fraction of sp³-hybridized carbons (Fsp3) is 0.417. The Morgan fingerprint density at radius 3 is 2.28 bits per heavy atom. The highest BCUT2D eigenvalue weighted by Gasteiger charge is 2.23. The number of halogens is 4. The molecule has 1 aromatic rings. The van der Waals surface area contributed by atoms with Gasteiger partial charge in [0.2, 0.25) is 0 Å². The third-order valence-corrected chi connectivity index (χ3v) is 2.41. The zero-order valence-corrected chi connectivity index (χ0v) is 9.84. The first-order valence-electron chi connectivity index (χ1n) is 5.27. The maximum Gasteiger partial charge on any atom is 0.387 e. The van der Waals surface area contributed by atoms with Gasteiger partial charge < -0.3 is 4.74 Å². The molecule has 0 spiro atoms. The minimum absolute atomic E-state index is 0.245. The van der Waals surface area contributed by atoms with E-state index in [2.05, 4.69) is 4.74 Å². The Kier molecular flexibility index (Phi) is 4.69. The van der Waals surface area contributed by atoms with E-state index in [4.69, 9.17) is 0 Å². The molecule has 0 saturated carbocycles. The molecule has 0 heterocycles. The van der Waals surface area contributed by atoms with E-state index in [1.807, 2.05) is 0 Å². The van der Waals surface area contributed by atoms with E-state index in [0.29, 0.717) is 12.0 Å². The van der Waals surface area contributed by atoms with Gasteiger partial charge in [0.1, 0.15) is 5.75 Å². The van der Waals surface area contributed by atoms with Crippen molar-refractivity contribution in [3.05, 3.63) is 28.8 Å². The van der Waals surface area contributed by atoms with Gasteiger partial charge in [-0.05, 0) is 31.0 Å². The quantitative estimate of drug-likeness (QED) is 0.593. The van der Waals surface area contributed by atoms with Crippen molar-refractivity contribution in [2.24, 2.45) is 0 Å². The second-order valence-corrected chi connectivity index (χ2v) is 3.65. The Balaban J connectivity index is 3.45. The largest absolute Gasteiger partial charge is 0.434 e. The van der Waals surface area contributed by atoms with Gasteiger partial charge in [-0.25, -0.2) is 8.78 Å². The number of carbonyl (C=O) groups excluding carboxylic acids is 1. The van der Waals surface area contributed by atoms with Gasteiger partial charge in [0.25, 0.3) is 6.43 Å². The van der Waals surface area contributed by atoms with Crippen molar-refractivity contribution in [2.75, 3.05) is 0 Å². The van der Waals surface area contributed by atoms with Crippen LogP contribution in [0.15, 0.2) is 12.1 Å². The molecule has 0 N–H and O–H groups in total. The first-order valence-corrected chi connectivity index (χ1v) is 5.27. The van der Waals surface area contributed by atoms with Crippen LogP contribution in [-0.2, 0) is 6.42 Å². The molecule has 18 heavy (non-hydrogen) atoms. The number of rotatable bonds is 5. The predicted molar refractivity (Wildman–Crippen MR) is 57.4 cm³/mol. The summed E-state index contributed by atoms with van der Waals surface area (Å²) in [6.45, 7) is -0.433. The molecule has 0 amide bonds. The zero-order chi connectivity index (χ0) is 13.9. The van der Waals surface area contributed by atoms with Crippen LogP contribution in [0.5, 0.6) is 5.75 Å². The Labute approximate surface area is 102 Å². The molecule has 1 rings (SSSR count). The van der Waals surface area contributed by atoms with Crippen LogP contribution < -0.4 is 4.74 Å². The molecule has 0 bridgehead atoms. The van der Waals surface area contributed by atoms with E-state index in [1.54, 1.807) is 6.92 Å². The smallest absolute Gasteiger partial charge is 0.387 e. The number of carbonyl (C=O) groups is 1. The molecular formula is C12H12F4O2. The number of hydrogen-bond donors (Lipinski definition) is 0. The van der Waals surface area contributed by atoms with Gasteiger partial charge in [-0.15, -0.1) is 0 Å². The SMILES string of the molecule is CCc1cc(C(C)=O)c(OC(F)F)c(C(F)F)c1. The summed E-state index contributed by atoms with van der Waals surface area (Å²) in [5.74, 6) is -1.33. The van der Waals surface area contributed by atoms with Crippen molar-refractivity contribution in [3.63, 3.8) is 0 Å². The van der Waals surface area contributed by atoms with Crippen LogP contribution in [0.4, 0.5) is 17.6 Å². The Morgan fingerprint density at radius 1 is 1.28 bits per heavy atom. The van der Waals surface area contributed by atoms with Crippen LogP contribution in [0.2, 0.25) is 0 Å². The summed E-state index contributed by atoms with van der Waals surface area (Å²) in [6, 6.07) is 2.38. The van der Waals surface area contributed by atoms with E-state index in [-0.39, 0.29) is 5.56 Å². The Hall–Kier alpha value is -1.59. The van der Waals surface area contributed by atoms with Crippen molar-refractivity contribution in [2.45, 2.75) is 33.3 Å². The number of aryl methyl sites for hydroxylation is 1. The monoisotopic (exact) mass is 264 g/mol. The third-order valence-electron chi connectivity index (χ3n) is 2.41. The summed E-state index contributed by atoms with van der Waals surface area (Å²) in [7, 11) is 0. The molecule has 100 valence electrons. The van der Waals surface area contributed by atoms with Gasteiger partial charge in [0, 0.05) is 0 Å². The van der Waals surface area contributed by atoms with Gasteiger partial charge in [-0.3, -0.25) is 4.79 Å². The van der Waals surface area contributed by atoms with Crippen LogP contribution >= 0.6 is 0 Å². The molecule has 6 heteroatoms. The zero-order valence-electron chi connectivity index (χ0n) is 9.84. The van der Waals surface area contributed by atoms with Crippen LogP contribution in [0.1, 0.15) is 41.8 Å². The average Bonchev–Trinajstić information content (AvgIpc) is 2.27. The average molecular weight is 264 g/mol. The lowest BCUT2D eigenvalue weighted by molar-refractivity contribution is -0.0522. The summed E-state index contributed by atoms with van der Waals surface area (Å²) >= 11 is 0. The van der Waals surface area contributed by atoms with E-state index >= 15 is 0 Å². The molecule has 0 atom stereocenters. The number of Topliss-reactive ketones (excluding diaryl/α,β-unsaturated/α-hetero) is 1. The van der Waals surface area contributed by atoms with Crippen molar-refractivity contribution in [1.82, 2.24) is 0 Å². The first kappa shape index (κ1) is 14.5. The number of ether oxygens (including phenoxy) is 1. The van der Waals surface area contributed by atoms with Crippen molar-refractivity contribution in [1.29, 1.82) is 0 Å². The molecule has 0 aliphatic rings. The number of hydrogen-bond acceptors (Lipinski definition) is 2. The predicted octanol–water partition coefficient (Wildman–Crippen LogP) is 3.99. The fourth-order valence-electron chi connectivity index (χ4n) is 1.56. The highest BCUT2D eigenvalue weighted by atomic mass is 19.3. The summed E-state index contributed by atoms with van der Waals surface area (Å²) in [5, 5.41) is 0. The van der Waals surface area contributed by atoms with Crippen LogP contribution in [0.25, 0.3) is 0 Å². The fourth-order valence-corrected chi connectivity index (χ4v) is 1.56. The number of alkyl halides is 4. The number of benzene rings is 1. The van der Waals surface area contributed by atoms with E-state index < -0.39 is 30.1 Å². The second kappa shape index (κ2) is 5.84. The van der Waals surface area contributed by atoms with E-state index in [9.17, 15) is 22.4 Å². The minimum Gasteiger partial charge on any atom is -0.434 e. The molecule has 0 aliphatic heterocycles. The molecule has 0 aliphatic carbocycles. The van der Waals surface area contributed by atoms with Gasteiger partial charge in [0.05, 0.1) is 11.1 Å². The van der Waals surface area contributed by atoms with Crippen molar-refractivity contribution < 1.29 is 27.1 Å². The maximum atomic E-state index is 12.8. The molecular weight excluding hydrogens is 252 g/mol. The Bertz CT molecular complexity index is 444. The lowest BCUT2D eigenvalue weighted by Gasteiger charge is -2.15. The van der Waals surface area contributed by atoms with Gasteiger partial charge in [-0.1, -0.05) is 6.92 Å². The van der Waals surface area contributed by atoms with Gasteiger partial charge >= 0.3 is 6.61 Å². The van der Waals surface area contributed by atoms with Crippen molar-refractivity contribution >= 4 is 5.78 Å². The normalized spacial score (nSPS) is 11.1. The molecule has 1 aromatic carbocycles. The summed E-state index contributed by atoms with van der Waals surface area (Å²) in [5.41, 5.74) is -0.457. The van der Waals surface area contributed by atoms with Crippen molar-refractivity contribution in [3.8, 4) is 5.75 Å². The minimum atomic E-state index is -3.26. The van der Waals surface area contributed by atoms with Gasteiger partial charge in [0.15, 0.2) is 5.78 Å². The maximum absolute atomic E-state index is 12.8. The summed E-state index contributed by atoms with van der Waals surface area (Å²) in [6.07, 6.45) is -2.57. The van der Waals surface area contributed by atoms with Crippen LogP contribution in [-0.4, -0.2) is 12.4 Å². The summed E-state index contributed by atoms with van der Waals surface area (Å²) in [4.78, 5) is 11.3. The molecule has 0 aromatic heterocycles. The lowest BCUT2D eigenvalue weighted by atomic mass is 10.0. The third kappa shape index (κ3) is 3.21. The highest BCUT2D eigenvalue weighted by molar-refractivity contribution is 5.97. The molecule has 0 fully saturated rings. The molecule has 0 unspecified atom stereocenters. The molecule has 2 nitrogen and oxygen atoms in total. The van der Waals surface area contributed by atoms with E-state index in [1.165, 1.54) is 6.07 Å². The van der Waals surface area contributed by atoms with E-state index in [0.717, 1.165) is 13.0 Å². The summed E-state index contributed by atoms with van der Waals surface area (Å²) < 4.78 is 54.1. The van der Waals surface area contributed by atoms with Gasteiger partial charge in [-0.2, -0.15) is 8.78 Å². The molecule has 0 saturated heterocycles. The second-order valence-electron chi connectivity index (χ2n) is 3.65. The highest BCUT2D eigenvalue weighted by Crippen LogP contribution is 2.35. The lowest BCUT2D eigenvalue weighted by Crippen LogP contribution is -2.10. The standard InChI is InChI=1S/C12H12F4O2/c1-3-7-4-8(6(2)17)10(18-12(15)16)9(5-7)11(13)14/h4-5,11-12H,3H2,1-2H3. The first-order chi connectivity index (χ1) is 8.36. The topological polar surface area (TPSA) is 26.3 Å². The number of ketones is 1. The van der Waals surface area contributed by atoms with Crippen LogP contribution in [0.3, 0.4) is 0 Å². The molecule has 0 radical (unpaired) electrons.